The van der Waals surface area contributed by atoms with Crippen molar-refractivity contribution in [1.82, 2.24) is 5.32 Å². The fourth-order valence-corrected chi connectivity index (χ4v) is 3.62. The molecule has 0 saturated heterocycles. The van der Waals surface area contributed by atoms with Crippen molar-refractivity contribution in [3.05, 3.63) is 34.3 Å². The minimum Gasteiger partial charge on any atom is -0.314 e. The molecule has 1 saturated carbocycles. The van der Waals surface area contributed by atoms with Gasteiger partial charge in [0.1, 0.15) is 0 Å². The Bertz CT molecular complexity index is 392. The van der Waals surface area contributed by atoms with Gasteiger partial charge in [-0.25, -0.2) is 0 Å². The zero-order valence-corrected chi connectivity index (χ0v) is 14.8. The second-order valence-electron chi connectivity index (χ2n) is 5.72. The lowest BCUT2D eigenvalue weighted by atomic mass is 9.95. The Morgan fingerprint density at radius 2 is 2.25 bits per heavy atom. The van der Waals surface area contributed by atoms with Crippen LogP contribution in [-0.2, 0) is 6.42 Å². The Kier molecular flexibility index (Phi) is 7.47. The van der Waals surface area contributed by atoms with Crippen molar-refractivity contribution in [2.75, 3.05) is 18.1 Å². The van der Waals surface area contributed by atoms with E-state index < -0.39 is 0 Å². The van der Waals surface area contributed by atoms with E-state index in [1.54, 1.807) is 0 Å². The first-order valence-corrected chi connectivity index (χ1v) is 9.78. The third kappa shape index (κ3) is 6.64. The molecule has 1 aromatic carbocycles. The fourth-order valence-electron chi connectivity index (χ4n) is 2.51. The van der Waals surface area contributed by atoms with Gasteiger partial charge in [-0.15, -0.1) is 0 Å². The second-order valence-corrected chi connectivity index (χ2v) is 8.03. The SMILES string of the molecule is CCSCCCC(CNC1CC1)Cc1cccc(Br)c1. The molecule has 3 heteroatoms. The van der Waals surface area contributed by atoms with Crippen molar-refractivity contribution in [3.63, 3.8) is 0 Å². The number of halogens is 1. The van der Waals surface area contributed by atoms with Crippen LogP contribution in [0.1, 0.15) is 38.2 Å². The molecule has 1 unspecified atom stereocenters. The molecule has 0 aromatic heterocycles. The average molecular weight is 356 g/mol. The first-order chi connectivity index (χ1) is 9.78. The lowest BCUT2D eigenvalue weighted by molar-refractivity contribution is 0.438. The highest BCUT2D eigenvalue weighted by Gasteiger charge is 2.21. The summed E-state index contributed by atoms with van der Waals surface area (Å²) in [6.07, 6.45) is 6.67. The van der Waals surface area contributed by atoms with Crippen LogP contribution in [0.3, 0.4) is 0 Å². The molecule has 1 atom stereocenters. The molecule has 0 radical (unpaired) electrons. The molecule has 2 rings (SSSR count). The Hall–Kier alpha value is 0.01000. The van der Waals surface area contributed by atoms with Gasteiger partial charge in [-0.05, 0) is 73.8 Å². The van der Waals surface area contributed by atoms with E-state index >= 15 is 0 Å². The van der Waals surface area contributed by atoms with Gasteiger partial charge in [0.2, 0.25) is 0 Å². The van der Waals surface area contributed by atoms with Crippen LogP contribution >= 0.6 is 27.7 Å². The van der Waals surface area contributed by atoms with Crippen molar-refractivity contribution >= 4 is 27.7 Å². The molecule has 0 aliphatic heterocycles. The number of benzene rings is 1. The van der Waals surface area contributed by atoms with Crippen LogP contribution < -0.4 is 5.32 Å². The van der Waals surface area contributed by atoms with Crippen molar-refractivity contribution < 1.29 is 0 Å². The zero-order chi connectivity index (χ0) is 14.2. The predicted octanol–water partition coefficient (Wildman–Crippen LogP) is 4.89. The molecule has 1 aromatic rings. The van der Waals surface area contributed by atoms with Gasteiger partial charge in [0.25, 0.3) is 0 Å². The lowest BCUT2D eigenvalue weighted by Gasteiger charge is -2.18. The molecule has 0 spiro atoms. The molecular weight excluding hydrogens is 330 g/mol. The molecule has 1 aliphatic carbocycles. The maximum absolute atomic E-state index is 3.71. The van der Waals surface area contributed by atoms with Crippen LogP contribution in [0.2, 0.25) is 0 Å². The monoisotopic (exact) mass is 355 g/mol. The Balaban J connectivity index is 1.80. The Morgan fingerprint density at radius 3 is 2.95 bits per heavy atom. The van der Waals surface area contributed by atoms with E-state index in [0.29, 0.717) is 0 Å². The second kappa shape index (κ2) is 9.11. The third-order valence-corrected chi connectivity index (χ3v) is 5.27. The van der Waals surface area contributed by atoms with Gasteiger partial charge in [0.05, 0.1) is 0 Å². The smallest absolute Gasteiger partial charge is 0.0177 e. The topological polar surface area (TPSA) is 12.0 Å². The highest BCUT2D eigenvalue weighted by molar-refractivity contribution is 9.10. The normalized spacial score (nSPS) is 16.3. The van der Waals surface area contributed by atoms with Gasteiger partial charge < -0.3 is 5.32 Å². The van der Waals surface area contributed by atoms with Crippen molar-refractivity contribution in [3.8, 4) is 0 Å². The van der Waals surface area contributed by atoms with E-state index in [1.807, 2.05) is 0 Å². The quantitative estimate of drug-likeness (QED) is 0.599. The fraction of sp³-hybridized carbons (Fsp3) is 0.647. The molecule has 1 aliphatic rings. The predicted molar refractivity (Wildman–Crippen MR) is 94.6 cm³/mol. The summed E-state index contributed by atoms with van der Waals surface area (Å²) in [6, 6.07) is 9.61. The summed E-state index contributed by atoms with van der Waals surface area (Å²) in [6.45, 7) is 3.44. The van der Waals surface area contributed by atoms with E-state index in [-0.39, 0.29) is 0 Å². The number of nitrogens with one attached hydrogen (secondary N) is 1. The van der Waals surface area contributed by atoms with Gasteiger partial charge in [-0.3, -0.25) is 0 Å². The number of hydrogen-bond acceptors (Lipinski definition) is 2. The molecule has 1 N–H and O–H groups in total. The summed E-state index contributed by atoms with van der Waals surface area (Å²) in [5.74, 6) is 3.34. The number of thioether (sulfide) groups is 1. The first kappa shape index (κ1) is 16.4. The highest BCUT2D eigenvalue weighted by atomic mass is 79.9. The van der Waals surface area contributed by atoms with Crippen LogP contribution in [-0.4, -0.2) is 24.1 Å². The minimum atomic E-state index is 0.780. The molecule has 1 nitrogen and oxygen atoms in total. The molecule has 0 heterocycles. The van der Waals surface area contributed by atoms with Crippen molar-refractivity contribution in [2.24, 2.45) is 5.92 Å². The van der Waals surface area contributed by atoms with Gasteiger partial charge in [-0.2, -0.15) is 11.8 Å². The Labute approximate surface area is 136 Å². The molecule has 20 heavy (non-hydrogen) atoms. The van der Waals surface area contributed by atoms with Gasteiger partial charge in [0.15, 0.2) is 0 Å². The number of hydrogen-bond donors (Lipinski definition) is 1. The average Bonchev–Trinajstić information content (AvgIpc) is 3.25. The standard InChI is InChI=1S/C17H26BrNS/c1-2-20-10-4-6-15(13-19-17-8-9-17)11-14-5-3-7-16(18)12-14/h3,5,7,12,15,17,19H,2,4,6,8-11,13H2,1H3. The van der Waals surface area contributed by atoms with Crippen LogP contribution in [0.5, 0.6) is 0 Å². The van der Waals surface area contributed by atoms with Crippen molar-refractivity contribution in [1.29, 1.82) is 0 Å². The lowest BCUT2D eigenvalue weighted by Crippen LogP contribution is -2.26. The number of rotatable bonds is 10. The molecule has 0 amide bonds. The summed E-state index contributed by atoms with van der Waals surface area (Å²) < 4.78 is 1.20. The van der Waals surface area contributed by atoms with E-state index in [1.165, 1.54) is 60.2 Å². The third-order valence-electron chi connectivity index (χ3n) is 3.79. The summed E-state index contributed by atoms with van der Waals surface area (Å²) in [7, 11) is 0. The first-order valence-electron chi connectivity index (χ1n) is 7.83. The summed E-state index contributed by atoms with van der Waals surface area (Å²) in [5, 5.41) is 3.71. The molecule has 0 bridgehead atoms. The van der Waals surface area contributed by atoms with Crippen molar-refractivity contribution in [2.45, 2.75) is 45.1 Å². The summed E-state index contributed by atoms with van der Waals surface area (Å²) >= 11 is 5.65. The van der Waals surface area contributed by atoms with Crippen LogP contribution in [0.4, 0.5) is 0 Å². The molecule has 112 valence electrons. The van der Waals surface area contributed by atoms with Gasteiger partial charge in [-0.1, -0.05) is 35.0 Å². The van der Waals surface area contributed by atoms with Gasteiger partial charge in [0, 0.05) is 10.5 Å². The van der Waals surface area contributed by atoms with Crippen LogP contribution in [0.15, 0.2) is 28.7 Å². The summed E-state index contributed by atoms with van der Waals surface area (Å²) in [4.78, 5) is 0. The zero-order valence-electron chi connectivity index (χ0n) is 12.4. The Morgan fingerprint density at radius 1 is 1.40 bits per heavy atom. The van der Waals surface area contributed by atoms with E-state index in [0.717, 1.165) is 12.0 Å². The minimum absolute atomic E-state index is 0.780. The van der Waals surface area contributed by atoms with E-state index in [4.69, 9.17) is 0 Å². The van der Waals surface area contributed by atoms with Crippen LogP contribution in [0, 0.1) is 5.92 Å². The summed E-state index contributed by atoms with van der Waals surface area (Å²) in [5.41, 5.74) is 1.46. The van der Waals surface area contributed by atoms with Crippen LogP contribution in [0.25, 0.3) is 0 Å². The maximum atomic E-state index is 3.71. The molecule has 1 fully saturated rings. The highest BCUT2D eigenvalue weighted by Crippen LogP contribution is 2.22. The largest absolute Gasteiger partial charge is 0.314 e. The maximum Gasteiger partial charge on any atom is 0.0177 e. The van der Waals surface area contributed by atoms with E-state index in [2.05, 4.69) is 64.2 Å². The van der Waals surface area contributed by atoms with E-state index in [9.17, 15) is 0 Å². The molecular formula is C17H26BrNS. The van der Waals surface area contributed by atoms with Gasteiger partial charge >= 0.3 is 0 Å².